The number of carbonyl (C=O) groups excluding carboxylic acids is 3. The van der Waals surface area contributed by atoms with Gasteiger partial charge < -0.3 is 15.4 Å². The summed E-state index contributed by atoms with van der Waals surface area (Å²) in [6.45, 7) is 12.8. The Balaban J connectivity index is 2.52. The summed E-state index contributed by atoms with van der Waals surface area (Å²) >= 11 is 1.52. The van der Waals surface area contributed by atoms with E-state index in [4.69, 9.17) is 11.2 Å². The van der Waals surface area contributed by atoms with Crippen molar-refractivity contribution in [3.05, 3.63) is 71.3 Å². The number of thioether (sulfide) groups is 1. The van der Waals surface area contributed by atoms with Crippen molar-refractivity contribution < 1.29 is 19.1 Å². The minimum absolute atomic E-state index is 0.301. The number of nitrogens with zero attached hydrogens (tertiary/aromatic N) is 1. The zero-order valence-corrected chi connectivity index (χ0v) is 23.8. The lowest BCUT2D eigenvalue weighted by Gasteiger charge is -2.31. The van der Waals surface area contributed by atoms with Crippen molar-refractivity contribution in [3.8, 4) is 12.5 Å². The summed E-state index contributed by atoms with van der Waals surface area (Å²) < 4.78 is 5.37. The second kappa shape index (κ2) is 13.7. The van der Waals surface area contributed by atoms with E-state index in [2.05, 4.69) is 23.3 Å². The van der Waals surface area contributed by atoms with Crippen LogP contribution in [0.15, 0.2) is 49.0 Å². The van der Waals surface area contributed by atoms with Crippen molar-refractivity contribution in [3.63, 3.8) is 0 Å². The minimum atomic E-state index is -1.16. The third-order valence-corrected chi connectivity index (χ3v) is 6.32. The molecule has 0 aromatic heterocycles. The summed E-state index contributed by atoms with van der Waals surface area (Å²) in [5.74, 6) is -0.482. The van der Waals surface area contributed by atoms with Crippen LogP contribution in [0.1, 0.15) is 55.5 Å². The van der Waals surface area contributed by atoms with Gasteiger partial charge in [-0.15, -0.1) is 0 Å². The van der Waals surface area contributed by atoms with E-state index in [1.165, 1.54) is 11.8 Å². The molecule has 2 aromatic carbocycles. The first-order valence-electron chi connectivity index (χ1n) is 12.3. The monoisotopic (exact) mass is 535 g/mol. The topological polar surface area (TPSA) is 87.7 Å². The molecule has 0 saturated heterocycles. The Kier molecular flexibility index (Phi) is 11.0. The Bertz CT molecular complexity index is 1190. The van der Waals surface area contributed by atoms with Gasteiger partial charge in [0, 0.05) is 11.7 Å². The number of hydrogen-bond donors (Lipinski definition) is 2. The van der Waals surface area contributed by atoms with Crippen molar-refractivity contribution in [2.24, 2.45) is 0 Å². The summed E-state index contributed by atoms with van der Waals surface area (Å²) in [6.07, 6.45) is 8.99. The Morgan fingerprint density at radius 3 is 2.34 bits per heavy atom. The van der Waals surface area contributed by atoms with Gasteiger partial charge in [-0.05, 0) is 81.4 Å². The van der Waals surface area contributed by atoms with E-state index in [0.29, 0.717) is 23.4 Å². The van der Waals surface area contributed by atoms with Crippen LogP contribution >= 0.6 is 11.8 Å². The average molecular weight is 536 g/mol. The number of benzene rings is 2. The summed E-state index contributed by atoms with van der Waals surface area (Å²) in [5.41, 5.74) is 2.93. The van der Waals surface area contributed by atoms with Crippen LogP contribution in [0.2, 0.25) is 0 Å². The number of ether oxygens (including phenoxy) is 1. The Morgan fingerprint density at radius 1 is 1.16 bits per heavy atom. The van der Waals surface area contributed by atoms with Gasteiger partial charge in [0.15, 0.2) is 0 Å². The highest BCUT2D eigenvalue weighted by molar-refractivity contribution is 7.98. The fraction of sp³-hybridized carbons (Fsp3) is 0.367. The number of alkyl carbamates (subject to hydrolysis) is 1. The van der Waals surface area contributed by atoms with Gasteiger partial charge in [-0.25, -0.2) is 4.79 Å². The van der Waals surface area contributed by atoms with Crippen LogP contribution in [0.3, 0.4) is 0 Å². The van der Waals surface area contributed by atoms with Gasteiger partial charge in [0.1, 0.15) is 17.7 Å². The van der Waals surface area contributed by atoms with Crippen molar-refractivity contribution in [2.45, 2.75) is 58.7 Å². The fourth-order valence-electron chi connectivity index (χ4n) is 3.85. The molecule has 2 atom stereocenters. The molecule has 0 aliphatic rings. The third kappa shape index (κ3) is 8.42. The zero-order chi connectivity index (χ0) is 28.5. The fourth-order valence-corrected chi connectivity index (χ4v) is 4.32. The summed E-state index contributed by atoms with van der Waals surface area (Å²) in [4.78, 5) is 41.3. The van der Waals surface area contributed by atoms with E-state index in [1.54, 1.807) is 45.0 Å². The predicted octanol–water partition coefficient (Wildman–Crippen LogP) is 5.69. The van der Waals surface area contributed by atoms with Gasteiger partial charge in [-0.3, -0.25) is 14.5 Å². The highest BCUT2D eigenvalue weighted by Crippen LogP contribution is 2.27. The second-order valence-corrected chi connectivity index (χ2v) is 10.8. The molecular weight excluding hydrogens is 498 g/mol. The normalized spacial score (nSPS) is 12.4. The molecule has 7 nitrogen and oxygen atoms in total. The minimum Gasteiger partial charge on any atom is -0.444 e. The van der Waals surface area contributed by atoms with Gasteiger partial charge in [0.2, 0.25) is 0 Å². The molecule has 0 aliphatic carbocycles. The molecule has 202 valence electrons. The average Bonchev–Trinajstić information content (AvgIpc) is 2.85. The first kappa shape index (κ1) is 30.5. The molecule has 38 heavy (non-hydrogen) atoms. The predicted molar refractivity (Wildman–Crippen MR) is 156 cm³/mol. The van der Waals surface area contributed by atoms with Gasteiger partial charge in [-0.1, -0.05) is 55.5 Å². The standard InChI is InChI=1S/C30H37N3O4S/c1-9-22-15-12-16-23(19-22)26(27(34)32-25-20(3)13-11-14-21(25)4)33(10-2)28(35)24(17-18-38-8)31-29(36)37-30(5,6)7/h2,9,11-16,19,24,26H,1,17-18H2,3-8H3,(H,31,36)(H,32,34). The van der Waals surface area contributed by atoms with Gasteiger partial charge in [-0.2, -0.15) is 11.8 Å². The largest absolute Gasteiger partial charge is 0.444 e. The van der Waals surface area contributed by atoms with Crippen molar-refractivity contribution >= 4 is 41.4 Å². The molecule has 8 heteroatoms. The van der Waals surface area contributed by atoms with Crippen LogP contribution in [-0.2, 0) is 14.3 Å². The lowest BCUT2D eigenvalue weighted by molar-refractivity contribution is -0.136. The first-order chi connectivity index (χ1) is 17.9. The van der Waals surface area contributed by atoms with Crippen LogP contribution in [0, 0.1) is 26.3 Å². The highest BCUT2D eigenvalue weighted by atomic mass is 32.2. The number of carbonyl (C=O) groups is 3. The van der Waals surface area contributed by atoms with E-state index in [9.17, 15) is 14.4 Å². The van der Waals surface area contributed by atoms with Crippen molar-refractivity contribution in [1.82, 2.24) is 10.2 Å². The van der Waals surface area contributed by atoms with Crippen LogP contribution in [0.25, 0.3) is 6.08 Å². The lowest BCUT2D eigenvalue weighted by Crippen LogP contribution is -2.51. The van der Waals surface area contributed by atoms with E-state index in [0.717, 1.165) is 21.6 Å². The molecule has 3 amide bonds. The molecule has 0 spiro atoms. The summed E-state index contributed by atoms with van der Waals surface area (Å²) in [6, 6.07) is 13.0. The molecule has 0 aliphatic heterocycles. The second-order valence-electron chi connectivity index (χ2n) is 9.85. The maximum atomic E-state index is 13.8. The van der Waals surface area contributed by atoms with E-state index in [-0.39, 0.29) is 0 Å². The third-order valence-electron chi connectivity index (χ3n) is 5.67. The number of rotatable bonds is 10. The quantitative estimate of drug-likeness (QED) is 0.301. The van der Waals surface area contributed by atoms with Crippen LogP contribution < -0.4 is 10.6 Å². The Labute approximate surface area is 230 Å². The smallest absolute Gasteiger partial charge is 0.408 e. The SMILES string of the molecule is C#CN(C(=O)C(CCSC)NC(=O)OC(C)(C)C)C(C(=O)Nc1c(C)cccc1C)c1cccc(C=C)c1. The number of amides is 3. The molecule has 0 radical (unpaired) electrons. The van der Waals surface area contributed by atoms with Crippen molar-refractivity contribution in [1.29, 1.82) is 0 Å². The Hall–Kier alpha value is -3.70. The van der Waals surface area contributed by atoms with Crippen LogP contribution in [0.4, 0.5) is 10.5 Å². The van der Waals surface area contributed by atoms with E-state index < -0.39 is 35.6 Å². The number of anilines is 1. The molecule has 0 bridgehead atoms. The number of aryl methyl sites for hydroxylation is 2. The van der Waals surface area contributed by atoms with Gasteiger partial charge in [0.05, 0.1) is 0 Å². The van der Waals surface area contributed by atoms with Crippen molar-refractivity contribution in [2.75, 3.05) is 17.3 Å². The maximum Gasteiger partial charge on any atom is 0.408 e. The van der Waals surface area contributed by atoms with E-state index in [1.807, 2.05) is 44.4 Å². The molecule has 2 aromatic rings. The maximum absolute atomic E-state index is 13.8. The number of hydrogen-bond acceptors (Lipinski definition) is 5. The molecular formula is C30H37N3O4S. The van der Waals surface area contributed by atoms with Gasteiger partial charge >= 0.3 is 6.09 Å². The van der Waals surface area contributed by atoms with Crippen LogP contribution in [0.5, 0.6) is 0 Å². The molecule has 0 saturated carbocycles. The molecule has 0 fully saturated rings. The number of terminal acetylenes is 1. The van der Waals surface area contributed by atoms with Crippen LogP contribution in [-0.4, -0.2) is 46.5 Å². The molecule has 2 rings (SSSR count). The first-order valence-corrected chi connectivity index (χ1v) is 13.7. The highest BCUT2D eigenvalue weighted by Gasteiger charge is 2.36. The summed E-state index contributed by atoms with van der Waals surface area (Å²) in [5, 5.41) is 5.62. The number of nitrogens with one attached hydrogen (secondary N) is 2. The Morgan fingerprint density at radius 2 is 1.79 bits per heavy atom. The number of para-hydroxylation sites is 1. The molecule has 0 heterocycles. The molecule has 2 N–H and O–H groups in total. The van der Waals surface area contributed by atoms with Gasteiger partial charge in [0.25, 0.3) is 11.8 Å². The van der Waals surface area contributed by atoms with E-state index >= 15 is 0 Å². The summed E-state index contributed by atoms with van der Waals surface area (Å²) in [7, 11) is 0. The zero-order valence-electron chi connectivity index (χ0n) is 23.0. The lowest BCUT2D eigenvalue weighted by atomic mass is 10.00. The molecule has 2 unspecified atom stereocenters.